The fourth-order valence-electron chi connectivity index (χ4n) is 2.44. The van der Waals surface area contributed by atoms with E-state index in [2.05, 4.69) is 15.5 Å². The van der Waals surface area contributed by atoms with E-state index in [1.165, 1.54) is 17.7 Å². The van der Waals surface area contributed by atoms with Crippen LogP contribution in [0.1, 0.15) is 27.6 Å². The minimum absolute atomic E-state index is 0.0532. The summed E-state index contributed by atoms with van der Waals surface area (Å²) >= 11 is 0. The molecular weight excluding hydrogens is 366 g/mol. The van der Waals surface area contributed by atoms with Crippen LogP contribution in [-0.4, -0.2) is 31.0 Å². The van der Waals surface area contributed by atoms with E-state index in [0.717, 1.165) is 5.56 Å². The van der Waals surface area contributed by atoms with Crippen molar-refractivity contribution >= 4 is 15.7 Å². The molecule has 1 amide bonds. The second kappa shape index (κ2) is 8.13. The zero-order chi connectivity index (χ0) is 19.3. The molecule has 0 unspecified atom stereocenters. The summed E-state index contributed by atoms with van der Waals surface area (Å²) in [5.74, 6) is -1.27. The van der Waals surface area contributed by atoms with Gasteiger partial charge in [0, 0.05) is 6.54 Å². The van der Waals surface area contributed by atoms with E-state index in [1.807, 2.05) is 31.2 Å². The molecule has 0 bridgehead atoms. The largest absolute Gasteiger partial charge is 0.347 e. The topological polar surface area (TPSA) is 102 Å². The van der Waals surface area contributed by atoms with Crippen molar-refractivity contribution < 1.29 is 17.7 Å². The van der Waals surface area contributed by atoms with Gasteiger partial charge in [0.15, 0.2) is 15.7 Å². The Balaban J connectivity index is 1.56. The average Bonchev–Trinajstić information content (AvgIpc) is 3.12. The second-order valence-electron chi connectivity index (χ2n) is 6.08. The van der Waals surface area contributed by atoms with E-state index >= 15 is 0 Å². The van der Waals surface area contributed by atoms with Gasteiger partial charge < -0.3 is 9.84 Å². The molecule has 0 saturated heterocycles. The smallest absolute Gasteiger partial charge is 0.315 e. The predicted molar refractivity (Wildman–Crippen MR) is 98.8 cm³/mol. The van der Waals surface area contributed by atoms with Crippen LogP contribution in [0, 0.1) is 6.92 Å². The highest BCUT2D eigenvalue weighted by Crippen LogP contribution is 2.14. The molecule has 140 valence electrons. The van der Waals surface area contributed by atoms with Crippen molar-refractivity contribution in [3.63, 3.8) is 0 Å². The van der Waals surface area contributed by atoms with Crippen molar-refractivity contribution in [1.82, 2.24) is 15.5 Å². The molecule has 1 aromatic heterocycles. The molecule has 3 aromatic rings. The Morgan fingerprint density at radius 2 is 1.78 bits per heavy atom. The van der Waals surface area contributed by atoms with Crippen molar-refractivity contribution in [2.75, 3.05) is 6.54 Å². The fraction of sp³-hybridized carbons (Fsp3) is 0.211. The summed E-state index contributed by atoms with van der Waals surface area (Å²) in [6, 6.07) is 16.0. The lowest BCUT2D eigenvalue weighted by atomic mass is 10.1. The number of aryl methyl sites for hydroxylation is 1. The Labute approximate surface area is 157 Å². The van der Waals surface area contributed by atoms with Crippen molar-refractivity contribution in [3.8, 4) is 0 Å². The number of amides is 1. The van der Waals surface area contributed by atoms with Crippen LogP contribution >= 0.6 is 0 Å². The van der Waals surface area contributed by atoms with Gasteiger partial charge in [0.1, 0.15) is 5.75 Å². The number of carbonyl (C=O) groups is 1. The summed E-state index contributed by atoms with van der Waals surface area (Å²) in [7, 11) is -3.60. The Hall–Kier alpha value is -3.00. The molecule has 0 aliphatic heterocycles. The van der Waals surface area contributed by atoms with E-state index < -0.39 is 21.5 Å². The molecule has 0 aliphatic carbocycles. The van der Waals surface area contributed by atoms with Gasteiger partial charge >= 0.3 is 11.8 Å². The van der Waals surface area contributed by atoms with Crippen molar-refractivity contribution in [2.45, 2.75) is 24.0 Å². The second-order valence-corrected chi connectivity index (χ2v) is 8.07. The van der Waals surface area contributed by atoms with Crippen LogP contribution in [0.15, 0.2) is 64.0 Å². The monoisotopic (exact) mass is 385 g/mol. The first-order chi connectivity index (χ1) is 12.9. The summed E-state index contributed by atoms with van der Waals surface area (Å²) in [6.07, 6.45) is 0.662. The quantitative estimate of drug-likeness (QED) is 0.670. The van der Waals surface area contributed by atoms with Crippen LogP contribution in [-0.2, 0) is 22.0 Å². The van der Waals surface area contributed by atoms with Gasteiger partial charge in [-0.15, -0.1) is 0 Å². The molecule has 0 spiro atoms. The van der Waals surface area contributed by atoms with Gasteiger partial charge in [-0.3, -0.25) is 4.79 Å². The number of nitrogens with zero attached hydrogens (tertiary/aromatic N) is 2. The third-order valence-electron chi connectivity index (χ3n) is 3.90. The van der Waals surface area contributed by atoms with Crippen LogP contribution in [0.3, 0.4) is 0 Å². The molecule has 1 heterocycles. The number of hydrogen-bond donors (Lipinski definition) is 1. The van der Waals surface area contributed by atoms with Crippen LogP contribution in [0.25, 0.3) is 0 Å². The van der Waals surface area contributed by atoms with Crippen LogP contribution in [0.4, 0.5) is 0 Å². The lowest BCUT2D eigenvalue weighted by Gasteiger charge is -2.03. The maximum absolute atomic E-state index is 12.3. The zero-order valence-electron chi connectivity index (χ0n) is 14.8. The lowest BCUT2D eigenvalue weighted by molar-refractivity contribution is 0.0910. The molecule has 0 saturated carbocycles. The Morgan fingerprint density at radius 3 is 2.48 bits per heavy atom. The highest BCUT2D eigenvalue weighted by atomic mass is 32.2. The normalized spacial score (nSPS) is 11.3. The van der Waals surface area contributed by atoms with Crippen LogP contribution in [0.5, 0.6) is 0 Å². The molecule has 2 aromatic carbocycles. The molecule has 3 rings (SSSR count). The van der Waals surface area contributed by atoms with E-state index in [-0.39, 0.29) is 16.6 Å². The van der Waals surface area contributed by atoms with Gasteiger partial charge in [-0.25, -0.2) is 8.42 Å². The predicted octanol–water partition coefficient (Wildman–Crippen LogP) is 2.32. The van der Waals surface area contributed by atoms with E-state index in [1.54, 1.807) is 18.2 Å². The first kappa shape index (κ1) is 18.8. The Bertz CT molecular complexity index is 1010. The summed E-state index contributed by atoms with van der Waals surface area (Å²) in [5.41, 5.74) is 2.27. The van der Waals surface area contributed by atoms with Crippen LogP contribution < -0.4 is 5.32 Å². The summed E-state index contributed by atoms with van der Waals surface area (Å²) in [4.78, 5) is 16.1. The minimum Gasteiger partial charge on any atom is -0.347 e. The Morgan fingerprint density at radius 1 is 1.07 bits per heavy atom. The van der Waals surface area contributed by atoms with Gasteiger partial charge in [-0.2, -0.15) is 4.98 Å². The molecular formula is C19H19N3O4S. The summed E-state index contributed by atoms with van der Waals surface area (Å²) in [6.45, 7) is 2.42. The third-order valence-corrected chi connectivity index (χ3v) is 5.53. The number of hydrogen-bond acceptors (Lipinski definition) is 6. The highest BCUT2D eigenvalue weighted by Gasteiger charge is 2.21. The van der Waals surface area contributed by atoms with Gasteiger partial charge in [-0.1, -0.05) is 53.2 Å². The molecule has 1 N–H and O–H groups in total. The zero-order valence-corrected chi connectivity index (χ0v) is 15.6. The van der Waals surface area contributed by atoms with Gasteiger partial charge in [0.05, 0.1) is 4.90 Å². The number of benzene rings is 2. The average molecular weight is 385 g/mol. The van der Waals surface area contributed by atoms with Gasteiger partial charge in [0.25, 0.3) is 0 Å². The molecule has 27 heavy (non-hydrogen) atoms. The number of aromatic nitrogens is 2. The van der Waals surface area contributed by atoms with Crippen molar-refractivity contribution in [1.29, 1.82) is 0 Å². The van der Waals surface area contributed by atoms with E-state index in [0.29, 0.717) is 13.0 Å². The third kappa shape index (κ3) is 5.01. The fourth-order valence-corrected chi connectivity index (χ4v) is 3.63. The maximum atomic E-state index is 12.3. The van der Waals surface area contributed by atoms with Gasteiger partial charge in [0.2, 0.25) is 0 Å². The van der Waals surface area contributed by atoms with E-state index in [4.69, 9.17) is 4.52 Å². The molecule has 0 fully saturated rings. The first-order valence-corrected chi connectivity index (χ1v) is 10.0. The maximum Gasteiger partial charge on any atom is 0.315 e. The number of sulfone groups is 1. The lowest BCUT2D eigenvalue weighted by Crippen LogP contribution is -2.26. The van der Waals surface area contributed by atoms with Crippen molar-refractivity contribution in [2.24, 2.45) is 0 Å². The first-order valence-electron chi connectivity index (χ1n) is 8.38. The molecule has 0 radical (unpaired) electrons. The molecule has 0 atom stereocenters. The number of nitrogens with one attached hydrogen (secondary N) is 1. The standard InChI is InChI=1S/C19H19N3O4S/c1-14-7-9-15(10-8-14)11-12-20-18(23)19-21-17(22-26-19)13-27(24,25)16-5-3-2-4-6-16/h2-10H,11-13H2,1H3,(H,20,23). The minimum atomic E-state index is -3.60. The van der Waals surface area contributed by atoms with Gasteiger partial charge in [-0.05, 0) is 31.0 Å². The molecule has 0 aliphatic rings. The Kier molecular flexibility index (Phi) is 5.66. The van der Waals surface area contributed by atoms with E-state index in [9.17, 15) is 13.2 Å². The van der Waals surface area contributed by atoms with Crippen molar-refractivity contribution in [3.05, 3.63) is 77.4 Å². The number of rotatable bonds is 7. The summed E-state index contributed by atoms with van der Waals surface area (Å²) < 4.78 is 29.5. The number of carbonyl (C=O) groups excluding carboxylic acids is 1. The van der Waals surface area contributed by atoms with Crippen LogP contribution in [0.2, 0.25) is 0 Å². The molecule has 8 heteroatoms. The summed E-state index contributed by atoms with van der Waals surface area (Å²) in [5, 5.41) is 6.28. The highest BCUT2D eigenvalue weighted by molar-refractivity contribution is 7.90. The molecule has 7 nitrogen and oxygen atoms in total. The SMILES string of the molecule is Cc1ccc(CCNC(=O)c2nc(CS(=O)(=O)c3ccccc3)no2)cc1.